The lowest BCUT2D eigenvalue weighted by atomic mass is 10.1. The molecule has 0 aliphatic carbocycles. The first-order chi connectivity index (χ1) is 9.58. The van der Waals surface area contributed by atoms with Crippen molar-refractivity contribution in [2.45, 2.75) is 52.2 Å². The predicted octanol–water partition coefficient (Wildman–Crippen LogP) is 3.08. The van der Waals surface area contributed by atoms with Crippen molar-refractivity contribution in [3.63, 3.8) is 0 Å². The largest absolute Gasteiger partial charge is 0.389 e. The number of hydrogen-bond acceptors (Lipinski definition) is 4. The van der Waals surface area contributed by atoms with Crippen LogP contribution in [0.1, 0.15) is 39.2 Å². The molecule has 2 atom stereocenters. The van der Waals surface area contributed by atoms with Gasteiger partial charge in [-0.05, 0) is 54.5 Å². The Morgan fingerprint density at radius 1 is 1.35 bits per heavy atom. The molecule has 20 heavy (non-hydrogen) atoms. The molecule has 0 aliphatic rings. The topological polar surface area (TPSA) is 41.5 Å². The summed E-state index contributed by atoms with van der Waals surface area (Å²) in [5.41, 5.74) is 1.36. The molecule has 2 unspecified atom stereocenters. The summed E-state index contributed by atoms with van der Waals surface area (Å²) < 4.78 is 5.50. The quantitative estimate of drug-likeness (QED) is 0.617. The van der Waals surface area contributed by atoms with Gasteiger partial charge < -0.3 is 15.2 Å². The Bertz CT molecular complexity index is 327. The smallest absolute Gasteiger partial charge is 0.0897 e. The molecule has 1 aromatic rings. The second kappa shape index (κ2) is 10.3. The summed E-state index contributed by atoms with van der Waals surface area (Å²) in [7, 11) is 0. The number of nitrogens with one attached hydrogen (secondary N) is 1. The number of aliphatic hydroxyl groups is 1. The van der Waals surface area contributed by atoms with E-state index in [1.165, 1.54) is 12.0 Å². The van der Waals surface area contributed by atoms with E-state index in [9.17, 15) is 5.11 Å². The average Bonchev–Trinajstić information content (AvgIpc) is 2.88. The zero-order valence-electron chi connectivity index (χ0n) is 13.0. The van der Waals surface area contributed by atoms with Gasteiger partial charge in [0, 0.05) is 19.2 Å². The van der Waals surface area contributed by atoms with Crippen molar-refractivity contribution >= 4 is 11.3 Å². The molecule has 0 bridgehead atoms. The summed E-state index contributed by atoms with van der Waals surface area (Å²) in [5, 5.41) is 17.5. The first kappa shape index (κ1) is 17.6. The first-order valence-electron chi connectivity index (χ1n) is 7.58. The van der Waals surface area contributed by atoms with Crippen LogP contribution in [-0.4, -0.2) is 37.0 Å². The summed E-state index contributed by atoms with van der Waals surface area (Å²) in [5.74, 6) is 0.725. The van der Waals surface area contributed by atoms with Crippen molar-refractivity contribution in [3.05, 3.63) is 22.4 Å². The van der Waals surface area contributed by atoms with Crippen LogP contribution in [0.5, 0.6) is 0 Å². The minimum atomic E-state index is -0.418. The minimum Gasteiger partial charge on any atom is -0.389 e. The standard InChI is InChI=1S/C16H29NO2S/c1-13(2)5-4-7-19-11-16(18)10-17-14(3)9-15-6-8-20-12-15/h6,8,12-14,16-18H,4-5,7,9-11H2,1-3H3. The lowest BCUT2D eigenvalue weighted by Gasteiger charge is -2.17. The molecule has 0 aromatic carbocycles. The lowest BCUT2D eigenvalue weighted by Crippen LogP contribution is -2.37. The molecule has 4 heteroatoms. The summed E-state index contributed by atoms with van der Waals surface area (Å²) in [6.07, 6.45) is 2.85. The van der Waals surface area contributed by atoms with Crippen molar-refractivity contribution in [1.82, 2.24) is 5.32 Å². The Balaban J connectivity index is 2.00. The number of aliphatic hydroxyl groups excluding tert-OH is 1. The molecule has 0 saturated carbocycles. The van der Waals surface area contributed by atoms with E-state index in [4.69, 9.17) is 4.74 Å². The zero-order valence-corrected chi connectivity index (χ0v) is 13.8. The Labute approximate surface area is 127 Å². The zero-order chi connectivity index (χ0) is 14.8. The van der Waals surface area contributed by atoms with E-state index in [0.29, 0.717) is 19.2 Å². The molecule has 0 aliphatic heterocycles. The molecule has 0 radical (unpaired) electrons. The fourth-order valence-corrected chi connectivity index (χ4v) is 2.73. The molecule has 3 nitrogen and oxygen atoms in total. The van der Waals surface area contributed by atoms with Crippen LogP contribution in [0.3, 0.4) is 0 Å². The third kappa shape index (κ3) is 8.69. The van der Waals surface area contributed by atoms with E-state index in [2.05, 4.69) is 42.9 Å². The van der Waals surface area contributed by atoms with Crippen LogP contribution in [0.25, 0.3) is 0 Å². The van der Waals surface area contributed by atoms with Crippen LogP contribution in [0, 0.1) is 5.92 Å². The predicted molar refractivity (Wildman–Crippen MR) is 86.4 cm³/mol. The van der Waals surface area contributed by atoms with Gasteiger partial charge in [0.25, 0.3) is 0 Å². The van der Waals surface area contributed by atoms with Gasteiger partial charge in [0.2, 0.25) is 0 Å². The third-order valence-corrected chi connectivity index (χ3v) is 3.94. The summed E-state index contributed by atoms with van der Waals surface area (Å²) >= 11 is 1.73. The molecule has 1 heterocycles. The molecule has 116 valence electrons. The maximum Gasteiger partial charge on any atom is 0.0897 e. The van der Waals surface area contributed by atoms with Gasteiger partial charge in [0.15, 0.2) is 0 Å². The lowest BCUT2D eigenvalue weighted by molar-refractivity contribution is 0.0337. The second-order valence-electron chi connectivity index (χ2n) is 5.91. The monoisotopic (exact) mass is 299 g/mol. The highest BCUT2D eigenvalue weighted by Gasteiger charge is 2.08. The average molecular weight is 299 g/mol. The molecular weight excluding hydrogens is 270 g/mol. The highest BCUT2D eigenvalue weighted by Crippen LogP contribution is 2.08. The molecule has 0 fully saturated rings. The van der Waals surface area contributed by atoms with Crippen LogP contribution in [0.2, 0.25) is 0 Å². The Morgan fingerprint density at radius 3 is 2.80 bits per heavy atom. The number of thiophene rings is 1. The van der Waals surface area contributed by atoms with Gasteiger partial charge >= 0.3 is 0 Å². The molecule has 0 saturated heterocycles. The molecule has 0 spiro atoms. The SMILES string of the molecule is CC(C)CCCOCC(O)CNC(C)Cc1ccsc1. The highest BCUT2D eigenvalue weighted by atomic mass is 32.1. The van der Waals surface area contributed by atoms with Crippen LogP contribution < -0.4 is 5.32 Å². The van der Waals surface area contributed by atoms with Crippen LogP contribution in [-0.2, 0) is 11.2 Å². The van der Waals surface area contributed by atoms with Crippen LogP contribution in [0.15, 0.2) is 16.8 Å². The first-order valence-corrected chi connectivity index (χ1v) is 8.52. The maximum atomic E-state index is 9.85. The highest BCUT2D eigenvalue weighted by molar-refractivity contribution is 7.07. The summed E-state index contributed by atoms with van der Waals surface area (Å²) in [4.78, 5) is 0. The van der Waals surface area contributed by atoms with E-state index in [1.54, 1.807) is 11.3 Å². The van der Waals surface area contributed by atoms with E-state index in [-0.39, 0.29) is 0 Å². The van der Waals surface area contributed by atoms with Gasteiger partial charge in [-0.1, -0.05) is 13.8 Å². The van der Waals surface area contributed by atoms with Gasteiger partial charge in [-0.25, -0.2) is 0 Å². The van der Waals surface area contributed by atoms with Crippen molar-refractivity contribution < 1.29 is 9.84 Å². The van der Waals surface area contributed by atoms with E-state index in [0.717, 1.165) is 25.4 Å². The van der Waals surface area contributed by atoms with Crippen molar-refractivity contribution in [3.8, 4) is 0 Å². The van der Waals surface area contributed by atoms with E-state index < -0.39 is 6.10 Å². The Kier molecular flexibility index (Phi) is 9.10. The maximum absolute atomic E-state index is 9.85. The van der Waals surface area contributed by atoms with Crippen molar-refractivity contribution in [1.29, 1.82) is 0 Å². The van der Waals surface area contributed by atoms with E-state index in [1.807, 2.05) is 0 Å². The van der Waals surface area contributed by atoms with Crippen molar-refractivity contribution in [2.75, 3.05) is 19.8 Å². The van der Waals surface area contributed by atoms with Gasteiger partial charge in [0.05, 0.1) is 12.7 Å². The molecule has 1 rings (SSSR count). The van der Waals surface area contributed by atoms with Gasteiger partial charge in [0.1, 0.15) is 0 Å². The third-order valence-electron chi connectivity index (χ3n) is 3.20. The number of hydrogen-bond donors (Lipinski definition) is 2. The Hall–Kier alpha value is -0.420. The van der Waals surface area contributed by atoms with E-state index >= 15 is 0 Å². The van der Waals surface area contributed by atoms with Gasteiger partial charge in [-0.3, -0.25) is 0 Å². The molecule has 1 aromatic heterocycles. The molecular formula is C16H29NO2S. The summed E-state index contributed by atoms with van der Waals surface area (Å²) in [6, 6.07) is 2.53. The molecule has 0 amide bonds. The van der Waals surface area contributed by atoms with Crippen LogP contribution >= 0.6 is 11.3 Å². The normalized spacial score (nSPS) is 14.7. The second-order valence-corrected chi connectivity index (χ2v) is 6.69. The number of ether oxygens (including phenoxy) is 1. The van der Waals surface area contributed by atoms with Crippen molar-refractivity contribution in [2.24, 2.45) is 5.92 Å². The summed E-state index contributed by atoms with van der Waals surface area (Å²) in [6.45, 7) is 8.35. The number of rotatable bonds is 11. The van der Waals surface area contributed by atoms with Crippen LogP contribution in [0.4, 0.5) is 0 Å². The van der Waals surface area contributed by atoms with Gasteiger partial charge in [-0.15, -0.1) is 0 Å². The molecule has 2 N–H and O–H groups in total. The Morgan fingerprint density at radius 2 is 2.15 bits per heavy atom. The fraction of sp³-hybridized carbons (Fsp3) is 0.750. The minimum absolute atomic E-state index is 0.375. The fourth-order valence-electron chi connectivity index (χ4n) is 2.04. The van der Waals surface area contributed by atoms with Gasteiger partial charge in [-0.2, -0.15) is 11.3 Å².